The minimum absolute atomic E-state index is 0.113. The Hall–Kier alpha value is -1.10. The minimum atomic E-state index is -0.255. The Balaban J connectivity index is 2.06. The fourth-order valence-corrected chi connectivity index (χ4v) is 2.71. The summed E-state index contributed by atoms with van der Waals surface area (Å²) in [6, 6.07) is 3.10. The Morgan fingerprint density at radius 1 is 1.39 bits per heavy atom. The second kappa shape index (κ2) is 5.69. The van der Waals surface area contributed by atoms with Crippen LogP contribution in [0.4, 0.5) is 0 Å². The van der Waals surface area contributed by atoms with Crippen molar-refractivity contribution in [1.29, 1.82) is 0 Å². The van der Waals surface area contributed by atoms with E-state index in [1.54, 1.807) is 17.4 Å². The van der Waals surface area contributed by atoms with Crippen molar-refractivity contribution in [3.05, 3.63) is 49.9 Å². The molecule has 2 rings (SSSR count). The van der Waals surface area contributed by atoms with Gasteiger partial charge in [0.15, 0.2) is 0 Å². The molecular formula is C12H10Cl2N2OS. The number of rotatable bonds is 3. The van der Waals surface area contributed by atoms with E-state index < -0.39 is 0 Å². The van der Waals surface area contributed by atoms with Crippen molar-refractivity contribution >= 4 is 40.4 Å². The normalized spacial score (nSPS) is 10.4. The van der Waals surface area contributed by atoms with E-state index in [1.165, 1.54) is 11.6 Å². The van der Waals surface area contributed by atoms with Gasteiger partial charge in [0.2, 0.25) is 0 Å². The van der Waals surface area contributed by atoms with Crippen LogP contribution in [0, 0.1) is 6.92 Å². The number of carbonyl (C=O) groups is 1. The molecule has 0 saturated carbocycles. The van der Waals surface area contributed by atoms with Gasteiger partial charge in [-0.1, -0.05) is 23.2 Å². The van der Waals surface area contributed by atoms with Gasteiger partial charge in [0.1, 0.15) is 10.3 Å². The first-order valence-corrected chi connectivity index (χ1v) is 6.89. The van der Waals surface area contributed by atoms with Gasteiger partial charge in [-0.15, -0.1) is 0 Å². The molecule has 0 unspecified atom stereocenters. The lowest BCUT2D eigenvalue weighted by molar-refractivity contribution is 0.0950. The van der Waals surface area contributed by atoms with E-state index in [0.717, 1.165) is 5.56 Å². The van der Waals surface area contributed by atoms with Gasteiger partial charge in [0.25, 0.3) is 5.91 Å². The first kappa shape index (κ1) is 13.3. The lowest BCUT2D eigenvalue weighted by Gasteiger charge is -2.06. The number of carbonyl (C=O) groups excluding carboxylic acids is 1. The monoisotopic (exact) mass is 300 g/mol. The van der Waals surface area contributed by atoms with E-state index in [0.29, 0.717) is 12.1 Å². The smallest absolute Gasteiger partial charge is 0.254 e. The predicted octanol–water partition coefficient (Wildman–Crippen LogP) is 3.69. The summed E-state index contributed by atoms with van der Waals surface area (Å²) >= 11 is 13.1. The average molecular weight is 301 g/mol. The zero-order valence-electron chi connectivity index (χ0n) is 9.54. The van der Waals surface area contributed by atoms with Gasteiger partial charge < -0.3 is 5.32 Å². The lowest BCUT2D eigenvalue weighted by atomic mass is 10.2. The third kappa shape index (κ3) is 3.02. The van der Waals surface area contributed by atoms with E-state index in [-0.39, 0.29) is 16.2 Å². The SMILES string of the molecule is Cc1cscc1CNC(=O)c1ccc(Cl)nc1Cl. The van der Waals surface area contributed by atoms with Crippen LogP contribution in [0.15, 0.2) is 22.9 Å². The van der Waals surface area contributed by atoms with Crippen molar-refractivity contribution in [2.75, 3.05) is 0 Å². The number of hydrogen-bond donors (Lipinski definition) is 1. The Morgan fingerprint density at radius 3 is 2.78 bits per heavy atom. The van der Waals surface area contributed by atoms with Crippen LogP contribution in [0.1, 0.15) is 21.5 Å². The predicted molar refractivity (Wildman–Crippen MR) is 74.5 cm³/mol. The summed E-state index contributed by atoms with van der Waals surface area (Å²) in [4.78, 5) is 15.7. The Morgan fingerprint density at radius 2 is 2.17 bits per heavy atom. The molecule has 0 bridgehead atoms. The number of hydrogen-bond acceptors (Lipinski definition) is 3. The van der Waals surface area contributed by atoms with E-state index in [4.69, 9.17) is 23.2 Å². The van der Waals surface area contributed by atoms with Gasteiger partial charge in [0, 0.05) is 6.54 Å². The van der Waals surface area contributed by atoms with Crippen LogP contribution in [0.2, 0.25) is 10.3 Å². The summed E-state index contributed by atoms with van der Waals surface area (Å²) < 4.78 is 0. The number of nitrogens with zero attached hydrogens (tertiary/aromatic N) is 1. The number of pyridine rings is 1. The molecule has 0 atom stereocenters. The van der Waals surface area contributed by atoms with Gasteiger partial charge in [-0.3, -0.25) is 4.79 Å². The molecule has 2 heterocycles. The minimum Gasteiger partial charge on any atom is -0.348 e. The van der Waals surface area contributed by atoms with E-state index in [1.807, 2.05) is 17.7 Å². The van der Waals surface area contributed by atoms with Crippen molar-refractivity contribution in [3.63, 3.8) is 0 Å². The van der Waals surface area contributed by atoms with Gasteiger partial charge in [-0.05, 0) is 40.9 Å². The fourth-order valence-electron chi connectivity index (χ4n) is 1.42. The molecule has 6 heteroatoms. The Bertz CT molecular complexity index is 583. The van der Waals surface area contributed by atoms with Crippen LogP contribution in [0.3, 0.4) is 0 Å². The van der Waals surface area contributed by atoms with Crippen LogP contribution in [0.25, 0.3) is 0 Å². The van der Waals surface area contributed by atoms with Crippen molar-refractivity contribution in [2.24, 2.45) is 0 Å². The van der Waals surface area contributed by atoms with Crippen LogP contribution >= 0.6 is 34.5 Å². The molecule has 2 aromatic rings. The topological polar surface area (TPSA) is 42.0 Å². The number of amides is 1. The largest absolute Gasteiger partial charge is 0.348 e. The van der Waals surface area contributed by atoms with Crippen molar-refractivity contribution in [1.82, 2.24) is 10.3 Å². The molecule has 0 aliphatic heterocycles. The second-order valence-electron chi connectivity index (χ2n) is 3.74. The van der Waals surface area contributed by atoms with Gasteiger partial charge >= 0.3 is 0 Å². The molecule has 0 spiro atoms. The second-order valence-corrected chi connectivity index (χ2v) is 5.22. The molecule has 3 nitrogen and oxygen atoms in total. The molecule has 0 aliphatic carbocycles. The highest BCUT2D eigenvalue weighted by atomic mass is 35.5. The molecule has 1 amide bonds. The Labute approximate surface area is 119 Å². The van der Waals surface area contributed by atoms with E-state index >= 15 is 0 Å². The molecule has 18 heavy (non-hydrogen) atoms. The number of nitrogens with one attached hydrogen (secondary N) is 1. The maximum absolute atomic E-state index is 11.9. The summed E-state index contributed by atoms with van der Waals surface area (Å²) in [6.07, 6.45) is 0. The summed E-state index contributed by atoms with van der Waals surface area (Å²) in [5.41, 5.74) is 2.60. The van der Waals surface area contributed by atoms with Gasteiger partial charge in [-0.2, -0.15) is 11.3 Å². The summed E-state index contributed by atoms with van der Waals surface area (Å²) in [5.74, 6) is -0.255. The molecule has 0 fully saturated rings. The summed E-state index contributed by atoms with van der Waals surface area (Å²) in [5, 5.41) is 7.24. The lowest BCUT2D eigenvalue weighted by Crippen LogP contribution is -2.23. The van der Waals surface area contributed by atoms with Crippen LogP contribution < -0.4 is 5.32 Å². The third-order valence-corrected chi connectivity index (χ3v) is 3.87. The van der Waals surface area contributed by atoms with Gasteiger partial charge in [0.05, 0.1) is 5.56 Å². The van der Waals surface area contributed by atoms with Crippen molar-refractivity contribution in [3.8, 4) is 0 Å². The fraction of sp³-hybridized carbons (Fsp3) is 0.167. The quantitative estimate of drug-likeness (QED) is 0.879. The molecule has 0 aromatic carbocycles. The maximum Gasteiger partial charge on any atom is 0.254 e. The average Bonchev–Trinajstić information content (AvgIpc) is 2.72. The van der Waals surface area contributed by atoms with Crippen molar-refractivity contribution in [2.45, 2.75) is 13.5 Å². The maximum atomic E-state index is 11.9. The molecule has 94 valence electrons. The zero-order valence-corrected chi connectivity index (χ0v) is 11.9. The zero-order chi connectivity index (χ0) is 13.1. The first-order valence-electron chi connectivity index (χ1n) is 5.20. The van der Waals surface area contributed by atoms with Crippen molar-refractivity contribution < 1.29 is 4.79 Å². The summed E-state index contributed by atoms with van der Waals surface area (Å²) in [6.45, 7) is 2.49. The highest BCUT2D eigenvalue weighted by Gasteiger charge is 2.12. The van der Waals surface area contributed by atoms with Crippen LogP contribution in [-0.2, 0) is 6.54 Å². The van der Waals surface area contributed by atoms with Crippen LogP contribution in [-0.4, -0.2) is 10.9 Å². The standard InChI is InChI=1S/C12H10Cl2N2OS/c1-7-5-18-6-8(7)4-15-12(17)9-2-3-10(13)16-11(9)14/h2-3,5-6H,4H2,1H3,(H,15,17). The number of aryl methyl sites for hydroxylation is 1. The molecule has 2 aromatic heterocycles. The summed E-state index contributed by atoms with van der Waals surface area (Å²) in [7, 11) is 0. The third-order valence-electron chi connectivity index (χ3n) is 2.46. The number of halogens is 2. The van der Waals surface area contributed by atoms with E-state index in [9.17, 15) is 4.79 Å². The number of aromatic nitrogens is 1. The molecule has 0 aliphatic rings. The highest BCUT2D eigenvalue weighted by molar-refractivity contribution is 7.08. The molecular weight excluding hydrogens is 291 g/mol. The first-order chi connectivity index (χ1) is 8.58. The molecule has 0 saturated heterocycles. The molecule has 1 N–H and O–H groups in total. The van der Waals surface area contributed by atoms with E-state index in [2.05, 4.69) is 10.3 Å². The van der Waals surface area contributed by atoms with Gasteiger partial charge in [-0.25, -0.2) is 4.98 Å². The van der Waals surface area contributed by atoms with Crippen LogP contribution in [0.5, 0.6) is 0 Å². The molecule has 0 radical (unpaired) electrons. The number of thiophene rings is 1. The Kier molecular flexibility index (Phi) is 4.22. The highest BCUT2D eigenvalue weighted by Crippen LogP contribution is 2.17.